The van der Waals surface area contributed by atoms with Crippen LogP contribution in [0.2, 0.25) is 0 Å². The average molecular weight is 410 g/mol. The van der Waals surface area contributed by atoms with Crippen molar-refractivity contribution in [3.05, 3.63) is 60.1 Å². The van der Waals surface area contributed by atoms with Crippen molar-refractivity contribution in [1.82, 2.24) is 24.6 Å². The SMILES string of the molecule is CN(C)C(=N/C=C/C(=C/C=C1C(=O)N(C)C(=O)N(C)C1=O)c1ccncc1)N(C)C. The number of aliphatic imine (C=N–C) groups is 1. The van der Waals surface area contributed by atoms with Gasteiger partial charge in [0, 0.05) is 60.9 Å². The predicted octanol–water partition coefficient (Wildman–Crippen LogP) is 1.43. The molecule has 1 aromatic rings. The first-order chi connectivity index (χ1) is 14.1. The Hall–Kier alpha value is -3.75. The molecule has 2 heterocycles. The number of nitrogens with zero attached hydrogens (tertiary/aromatic N) is 6. The van der Waals surface area contributed by atoms with E-state index in [9.17, 15) is 14.4 Å². The molecule has 1 fully saturated rings. The summed E-state index contributed by atoms with van der Waals surface area (Å²) in [5.74, 6) is -0.533. The fourth-order valence-electron chi connectivity index (χ4n) is 2.77. The first-order valence-electron chi connectivity index (χ1n) is 9.16. The highest BCUT2D eigenvalue weighted by molar-refractivity contribution is 6.28. The van der Waals surface area contributed by atoms with Crippen LogP contribution < -0.4 is 0 Å². The Balaban J connectivity index is 2.47. The average Bonchev–Trinajstić information content (AvgIpc) is 2.72. The van der Waals surface area contributed by atoms with E-state index in [0.717, 1.165) is 21.3 Å². The first kappa shape index (κ1) is 22.5. The Kier molecular flexibility index (Phi) is 7.24. The van der Waals surface area contributed by atoms with E-state index in [1.165, 1.54) is 20.2 Å². The number of aromatic nitrogens is 1. The number of pyridine rings is 1. The zero-order valence-corrected chi connectivity index (χ0v) is 18.0. The zero-order chi connectivity index (χ0) is 22.4. The number of carbonyl (C=O) groups excluding carboxylic acids is 3. The van der Waals surface area contributed by atoms with Crippen LogP contribution >= 0.6 is 0 Å². The van der Waals surface area contributed by atoms with E-state index in [-0.39, 0.29) is 5.57 Å². The maximum atomic E-state index is 12.4. The molecular weight excluding hydrogens is 384 g/mol. The molecule has 1 aromatic heterocycles. The summed E-state index contributed by atoms with van der Waals surface area (Å²) >= 11 is 0. The van der Waals surface area contributed by atoms with Crippen LogP contribution in [0.3, 0.4) is 0 Å². The van der Waals surface area contributed by atoms with Crippen molar-refractivity contribution in [2.24, 2.45) is 4.99 Å². The van der Waals surface area contributed by atoms with E-state index >= 15 is 0 Å². The third kappa shape index (κ3) is 4.99. The van der Waals surface area contributed by atoms with Gasteiger partial charge in [0.25, 0.3) is 11.8 Å². The molecule has 9 nitrogen and oxygen atoms in total. The van der Waals surface area contributed by atoms with Gasteiger partial charge >= 0.3 is 6.03 Å². The number of rotatable bonds is 4. The Morgan fingerprint density at radius 2 is 1.50 bits per heavy atom. The van der Waals surface area contributed by atoms with E-state index < -0.39 is 17.8 Å². The monoisotopic (exact) mass is 410 g/mol. The van der Waals surface area contributed by atoms with Crippen LogP contribution in [-0.4, -0.2) is 90.7 Å². The Morgan fingerprint density at radius 3 is 2.00 bits per heavy atom. The van der Waals surface area contributed by atoms with Gasteiger partial charge in [-0.05, 0) is 35.4 Å². The van der Waals surface area contributed by atoms with Gasteiger partial charge < -0.3 is 9.80 Å². The molecule has 9 heteroatoms. The third-order valence-corrected chi connectivity index (χ3v) is 4.33. The summed E-state index contributed by atoms with van der Waals surface area (Å²) in [6.07, 6.45) is 9.79. The smallest absolute Gasteiger partial charge is 0.333 e. The molecule has 1 aliphatic heterocycles. The lowest BCUT2D eigenvalue weighted by atomic mass is 10.0. The molecule has 30 heavy (non-hydrogen) atoms. The standard InChI is InChI=1S/C21H26N6O3/c1-24(2)20(25(3)4)23-14-11-15(16-9-12-22-13-10-16)7-8-17-18(28)26(5)21(30)27(6)19(17)29/h7-14H,1-6H3/b14-11+,15-7-. The van der Waals surface area contributed by atoms with Crippen LogP contribution in [0.5, 0.6) is 0 Å². The van der Waals surface area contributed by atoms with Gasteiger partial charge in [0.15, 0.2) is 5.96 Å². The van der Waals surface area contributed by atoms with Gasteiger partial charge in [-0.3, -0.25) is 24.4 Å². The largest absolute Gasteiger partial charge is 0.349 e. The summed E-state index contributed by atoms with van der Waals surface area (Å²) in [5, 5.41) is 0. The number of likely N-dealkylation sites (N-methyl/N-ethyl adjacent to an activating group) is 2. The van der Waals surface area contributed by atoms with Crippen LogP contribution in [0.4, 0.5) is 4.79 Å². The predicted molar refractivity (Wildman–Crippen MR) is 115 cm³/mol. The third-order valence-electron chi connectivity index (χ3n) is 4.33. The van der Waals surface area contributed by atoms with Gasteiger partial charge in [0.05, 0.1) is 0 Å². The molecule has 158 valence electrons. The van der Waals surface area contributed by atoms with Crippen molar-refractivity contribution in [3.8, 4) is 0 Å². The molecule has 1 saturated heterocycles. The summed E-state index contributed by atoms with van der Waals surface area (Å²) in [4.78, 5) is 50.7. The molecule has 0 unspecified atom stereocenters. The maximum absolute atomic E-state index is 12.4. The second-order valence-corrected chi connectivity index (χ2v) is 6.98. The number of amides is 4. The molecule has 0 aromatic carbocycles. The number of imide groups is 2. The van der Waals surface area contributed by atoms with Crippen LogP contribution in [-0.2, 0) is 9.59 Å². The number of urea groups is 1. The first-order valence-corrected chi connectivity index (χ1v) is 9.16. The van der Waals surface area contributed by atoms with Crippen molar-refractivity contribution in [1.29, 1.82) is 0 Å². The molecule has 0 atom stereocenters. The summed E-state index contributed by atoms with van der Waals surface area (Å²) in [6.45, 7) is 0. The number of hydrogen-bond donors (Lipinski definition) is 0. The van der Waals surface area contributed by atoms with Crippen molar-refractivity contribution in [2.45, 2.75) is 0 Å². The number of allylic oxidation sites excluding steroid dienone is 4. The van der Waals surface area contributed by atoms with Crippen LogP contribution in [0.15, 0.2) is 59.5 Å². The lowest BCUT2D eigenvalue weighted by Gasteiger charge is -2.28. The molecule has 0 aliphatic carbocycles. The summed E-state index contributed by atoms with van der Waals surface area (Å²) in [5.41, 5.74) is 1.46. The van der Waals surface area contributed by atoms with Gasteiger partial charge in [-0.15, -0.1) is 0 Å². The quantitative estimate of drug-likeness (QED) is 0.245. The summed E-state index contributed by atoms with van der Waals surface area (Å²) in [7, 11) is 10.3. The normalized spacial score (nSPS) is 15.1. The van der Waals surface area contributed by atoms with E-state index in [2.05, 4.69) is 9.98 Å². The number of carbonyl (C=O) groups is 3. The van der Waals surface area contributed by atoms with Crippen molar-refractivity contribution in [3.63, 3.8) is 0 Å². The van der Waals surface area contributed by atoms with Gasteiger partial charge in [0.2, 0.25) is 0 Å². The van der Waals surface area contributed by atoms with Gasteiger partial charge in [-0.1, -0.05) is 6.08 Å². The minimum Gasteiger partial charge on any atom is -0.349 e. The molecule has 0 spiro atoms. The molecule has 2 rings (SSSR count). The Labute approximate surface area is 176 Å². The van der Waals surface area contributed by atoms with Crippen molar-refractivity contribution >= 4 is 29.4 Å². The fraction of sp³-hybridized carbons (Fsp3) is 0.286. The minimum absolute atomic E-state index is 0.0923. The van der Waals surface area contributed by atoms with E-state index in [1.807, 2.05) is 50.1 Å². The van der Waals surface area contributed by atoms with Crippen LogP contribution in [0.25, 0.3) is 5.57 Å². The fourth-order valence-corrected chi connectivity index (χ4v) is 2.77. The number of hydrogen-bond acceptors (Lipinski definition) is 5. The highest BCUT2D eigenvalue weighted by atomic mass is 16.2. The molecular formula is C21H26N6O3. The maximum Gasteiger partial charge on any atom is 0.333 e. The molecule has 4 amide bonds. The highest BCUT2D eigenvalue weighted by Crippen LogP contribution is 2.19. The summed E-state index contributed by atoms with van der Waals surface area (Å²) < 4.78 is 0. The number of guanidine groups is 1. The highest BCUT2D eigenvalue weighted by Gasteiger charge is 2.37. The molecule has 0 radical (unpaired) electrons. The van der Waals surface area contributed by atoms with Crippen LogP contribution in [0, 0.1) is 0 Å². The van der Waals surface area contributed by atoms with Crippen molar-refractivity contribution in [2.75, 3.05) is 42.3 Å². The van der Waals surface area contributed by atoms with Gasteiger partial charge in [-0.25, -0.2) is 9.79 Å². The Morgan fingerprint density at radius 1 is 0.967 bits per heavy atom. The van der Waals surface area contributed by atoms with E-state index in [1.54, 1.807) is 30.7 Å². The van der Waals surface area contributed by atoms with Crippen LogP contribution in [0.1, 0.15) is 5.56 Å². The zero-order valence-electron chi connectivity index (χ0n) is 18.0. The topological polar surface area (TPSA) is 89.4 Å². The van der Waals surface area contributed by atoms with Gasteiger partial charge in [0.1, 0.15) is 5.57 Å². The molecule has 0 bridgehead atoms. The second kappa shape index (κ2) is 9.64. The van der Waals surface area contributed by atoms with Gasteiger partial charge in [-0.2, -0.15) is 0 Å². The lowest BCUT2D eigenvalue weighted by molar-refractivity contribution is -0.134. The van der Waals surface area contributed by atoms with E-state index in [0.29, 0.717) is 5.57 Å². The minimum atomic E-state index is -0.658. The molecule has 0 N–H and O–H groups in total. The second-order valence-electron chi connectivity index (χ2n) is 6.98. The molecule has 1 aliphatic rings. The lowest BCUT2D eigenvalue weighted by Crippen LogP contribution is -2.52. The van der Waals surface area contributed by atoms with E-state index in [4.69, 9.17) is 0 Å². The summed E-state index contributed by atoms with van der Waals surface area (Å²) in [6, 6.07) is 2.96. The Bertz CT molecular complexity index is 909. The van der Waals surface area contributed by atoms with Crippen molar-refractivity contribution < 1.29 is 14.4 Å². The number of barbiturate groups is 1. The molecule has 0 saturated carbocycles.